The zero-order valence-electron chi connectivity index (χ0n) is 22.0. The molecule has 1 amide bonds. The van der Waals surface area contributed by atoms with E-state index in [4.69, 9.17) is 14.0 Å². The maximum absolute atomic E-state index is 12.8. The van der Waals surface area contributed by atoms with Crippen LogP contribution in [0.1, 0.15) is 56.1 Å². The standard InChI is InChI=1S/C30H30BN3O4/c1-29(2)30(3,4)38-31(37-29)20(16-21-10-9-11-22(17-32)34-21)18-33-28(35)36-19-27-25-14-7-5-12-23(25)24-13-6-8-15-26(24)27/h5-16,27H,18-19H2,1-4H3,(H,33,35). The van der Waals surface area contributed by atoms with Crippen LogP contribution in [0.5, 0.6) is 0 Å². The van der Waals surface area contributed by atoms with Crippen LogP contribution in [-0.4, -0.2) is 42.5 Å². The third kappa shape index (κ3) is 4.95. The van der Waals surface area contributed by atoms with Crippen molar-refractivity contribution in [3.05, 3.63) is 94.7 Å². The van der Waals surface area contributed by atoms with Crippen LogP contribution >= 0.6 is 0 Å². The summed E-state index contributed by atoms with van der Waals surface area (Å²) in [4.78, 5) is 17.2. The van der Waals surface area contributed by atoms with Crippen molar-refractivity contribution < 1.29 is 18.8 Å². The van der Waals surface area contributed by atoms with Crippen LogP contribution < -0.4 is 5.32 Å². The van der Waals surface area contributed by atoms with Crippen molar-refractivity contribution >= 4 is 19.3 Å². The van der Waals surface area contributed by atoms with E-state index in [0.29, 0.717) is 16.9 Å². The number of ether oxygens (including phenoxy) is 1. The molecule has 1 fully saturated rings. The van der Waals surface area contributed by atoms with Gasteiger partial charge in [-0.2, -0.15) is 5.26 Å². The van der Waals surface area contributed by atoms with Crippen LogP contribution in [0.15, 0.2) is 72.2 Å². The van der Waals surface area contributed by atoms with E-state index >= 15 is 0 Å². The Labute approximate surface area is 223 Å². The smallest absolute Gasteiger partial charge is 0.449 e. The molecule has 0 radical (unpaired) electrons. The number of hydrogen-bond donors (Lipinski definition) is 1. The summed E-state index contributed by atoms with van der Waals surface area (Å²) in [7, 11) is -0.693. The fraction of sp³-hybridized carbons (Fsp3) is 0.300. The molecule has 0 saturated carbocycles. The van der Waals surface area contributed by atoms with Crippen LogP contribution in [-0.2, 0) is 14.0 Å². The number of hydrogen-bond acceptors (Lipinski definition) is 6. The molecule has 1 aliphatic carbocycles. The van der Waals surface area contributed by atoms with E-state index in [9.17, 15) is 10.1 Å². The van der Waals surface area contributed by atoms with Crippen molar-refractivity contribution in [2.45, 2.75) is 44.8 Å². The third-order valence-corrected chi connectivity index (χ3v) is 7.55. The lowest BCUT2D eigenvalue weighted by atomic mass is 9.77. The molecule has 0 bridgehead atoms. The highest BCUT2D eigenvalue weighted by Gasteiger charge is 2.52. The van der Waals surface area contributed by atoms with Crippen LogP contribution in [0.4, 0.5) is 4.79 Å². The van der Waals surface area contributed by atoms with E-state index in [-0.39, 0.29) is 19.1 Å². The summed E-state index contributed by atoms with van der Waals surface area (Å²) in [5.74, 6) is -0.0239. The van der Waals surface area contributed by atoms with Gasteiger partial charge in [0.2, 0.25) is 0 Å². The fourth-order valence-corrected chi connectivity index (χ4v) is 4.80. The number of carbonyl (C=O) groups is 1. The second-order valence-corrected chi connectivity index (χ2v) is 10.5. The zero-order chi connectivity index (χ0) is 26.9. The van der Waals surface area contributed by atoms with Gasteiger partial charge in [0.25, 0.3) is 0 Å². The summed E-state index contributed by atoms with van der Waals surface area (Å²) in [6, 6.07) is 23.7. The van der Waals surface area contributed by atoms with E-state index in [1.807, 2.05) is 52.0 Å². The predicted octanol–water partition coefficient (Wildman–Crippen LogP) is 5.51. The van der Waals surface area contributed by atoms with Crippen molar-refractivity contribution in [3.8, 4) is 17.2 Å². The number of alkyl carbamates (subject to hydrolysis) is 1. The third-order valence-electron chi connectivity index (χ3n) is 7.55. The van der Waals surface area contributed by atoms with E-state index in [0.717, 1.165) is 11.1 Å². The maximum Gasteiger partial charge on any atom is 0.492 e. The van der Waals surface area contributed by atoms with E-state index < -0.39 is 24.4 Å². The van der Waals surface area contributed by atoms with Crippen molar-refractivity contribution in [2.75, 3.05) is 13.2 Å². The van der Waals surface area contributed by atoms with Gasteiger partial charge in [-0.25, -0.2) is 9.78 Å². The van der Waals surface area contributed by atoms with Gasteiger partial charge in [-0.3, -0.25) is 0 Å². The van der Waals surface area contributed by atoms with E-state index in [2.05, 4.69) is 40.6 Å². The highest BCUT2D eigenvalue weighted by atomic mass is 16.7. The number of fused-ring (bicyclic) bond motifs is 3. The quantitative estimate of drug-likeness (QED) is 0.443. The molecule has 1 aromatic heterocycles. The number of pyridine rings is 1. The summed E-state index contributed by atoms with van der Waals surface area (Å²) < 4.78 is 18.2. The molecule has 2 aromatic carbocycles. The van der Waals surface area contributed by atoms with Gasteiger partial charge in [0, 0.05) is 12.5 Å². The number of nitrogens with zero attached hydrogens (tertiary/aromatic N) is 2. The van der Waals surface area contributed by atoms with E-state index in [1.165, 1.54) is 11.1 Å². The molecule has 1 saturated heterocycles. The van der Waals surface area contributed by atoms with Gasteiger partial charge in [0.15, 0.2) is 0 Å². The first-order chi connectivity index (χ1) is 18.2. The number of nitriles is 1. The Balaban J connectivity index is 1.30. The molecule has 5 rings (SSSR count). The largest absolute Gasteiger partial charge is 0.492 e. The number of rotatable bonds is 6. The van der Waals surface area contributed by atoms with Gasteiger partial charge in [0.1, 0.15) is 18.4 Å². The highest BCUT2D eigenvalue weighted by molar-refractivity contribution is 6.56. The fourth-order valence-electron chi connectivity index (χ4n) is 4.80. The lowest BCUT2D eigenvalue weighted by Gasteiger charge is -2.32. The van der Waals surface area contributed by atoms with E-state index in [1.54, 1.807) is 24.3 Å². The molecular weight excluding hydrogens is 477 g/mol. The van der Waals surface area contributed by atoms with Crippen molar-refractivity contribution in [2.24, 2.45) is 0 Å². The Hall–Kier alpha value is -3.93. The minimum absolute atomic E-state index is 0.0239. The second-order valence-electron chi connectivity index (χ2n) is 10.5. The molecule has 1 aliphatic heterocycles. The highest BCUT2D eigenvalue weighted by Crippen LogP contribution is 2.44. The Morgan fingerprint density at radius 2 is 1.61 bits per heavy atom. The Bertz CT molecular complexity index is 1380. The maximum atomic E-state index is 12.8. The number of nitrogens with one attached hydrogen (secondary N) is 1. The summed E-state index contributed by atoms with van der Waals surface area (Å²) in [6.45, 7) is 8.24. The number of amides is 1. The summed E-state index contributed by atoms with van der Waals surface area (Å²) in [5.41, 5.74) is 5.10. The lowest BCUT2D eigenvalue weighted by Crippen LogP contribution is -2.41. The topological polar surface area (TPSA) is 93.5 Å². The normalized spacial score (nSPS) is 17.4. The summed E-state index contributed by atoms with van der Waals surface area (Å²) >= 11 is 0. The lowest BCUT2D eigenvalue weighted by molar-refractivity contribution is 0.00578. The van der Waals surface area contributed by atoms with Gasteiger partial charge in [-0.1, -0.05) is 54.6 Å². The molecule has 0 spiro atoms. The molecule has 8 heteroatoms. The summed E-state index contributed by atoms with van der Waals surface area (Å²) in [5, 5.41) is 12.1. The van der Waals surface area contributed by atoms with Crippen LogP contribution in [0, 0.1) is 11.3 Å². The van der Waals surface area contributed by atoms with Gasteiger partial charge in [-0.05, 0) is 73.6 Å². The molecule has 0 unspecified atom stereocenters. The number of aromatic nitrogens is 1. The monoisotopic (exact) mass is 507 g/mol. The van der Waals surface area contributed by atoms with Gasteiger partial charge in [0.05, 0.1) is 16.9 Å². The average molecular weight is 507 g/mol. The second kappa shape index (κ2) is 10.1. The molecule has 0 atom stereocenters. The first-order valence-corrected chi connectivity index (χ1v) is 12.7. The Morgan fingerprint density at radius 3 is 2.21 bits per heavy atom. The molecule has 2 heterocycles. The van der Waals surface area contributed by atoms with Gasteiger partial charge in [-0.15, -0.1) is 0 Å². The number of benzene rings is 2. The first-order valence-electron chi connectivity index (χ1n) is 12.7. The molecule has 3 aromatic rings. The SMILES string of the molecule is CC1(C)OB(C(=Cc2cccc(C#N)n2)CNC(=O)OCC2c3ccccc3-c3ccccc32)OC1(C)C. The van der Waals surface area contributed by atoms with Crippen LogP contribution in [0.25, 0.3) is 17.2 Å². The molecular formula is C30H30BN3O4. The first kappa shape index (κ1) is 25.7. The Kier molecular flexibility index (Phi) is 6.83. The van der Waals surface area contributed by atoms with Gasteiger partial charge >= 0.3 is 13.2 Å². The molecule has 38 heavy (non-hydrogen) atoms. The zero-order valence-corrected chi connectivity index (χ0v) is 22.0. The number of carbonyl (C=O) groups excluding carboxylic acids is 1. The minimum Gasteiger partial charge on any atom is -0.449 e. The van der Waals surface area contributed by atoms with Crippen LogP contribution in [0.2, 0.25) is 0 Å². The predicted molar refractivity (Wildman–Crippen MR) is 146 cm³/mol. The molecule has 1 N–H and O–H groups in total. The summed E-state index contributed by atoms with van der Waals surface area (Å²) in [6.07, 6.45) is 1.25. The van der Waals surface area contributed by atoms with Crippen LogP contribution in [0.3, 0.4) is 0 Å². The molecule has 7 nitrogen and oxygen atoms in total. The minimum atomic E-state index is -0.693. The van der Waals surface area contributed by atoms with Crippen molar-refractivity contribution in [3.63, 3.8) is 0 Å². The van der Waals surface area contributed by atoms with Crippen molar-refractivity contribution in [1.29, 1.82) is 5.26 Å². The molecule has 2 aliphatic rings. The van der Waals surface area contributed by atoms with Crippen molar-refractivity contribution in [1.82, 2.24) is 10.3 Å². The van der Waals surface area contributed by atoms with Gasteiger partial charge < -0.3 is 19.4 Å². The Morgan fingerprint density at radius 1 is 1.00 bits per heavy atom. The molecule has 192 valence electrons. The average Bonchev–Trinajstić information content (AvgIpc) is 3.34.